The van der Waals surface area contributed by atoms with Gasteiger partial charge in [0.05, 0.1) is 5.56 Å². The molecule has 0 unspecified atom stereocenters. The van der Waals surface area contributed by atoms with E-state index in [-0.39, 0.29) is 11.5 Å². The molecule has 0 atom stereocenters. The molecule has 2 nitrogen and oxygen atoms in total. The van der Waals surface area contributed by atoms with Crippen molar-refractivity contribution >= 4 is 21.8 Å². The summed E-state index contributed by atoms with van der Waals surface area (Å²) in [6, 6.07) is 4.65. The molecule has 2 rings (SSSR count). The van der Waals surface area contributed by atoms with Gasteiger partial charge in [0.2, 0.25) is 0 Å². The summed E-state index contributed by atoms with van der Waals surface area (Å²) in [5.41, 5.74) is 0.525. The monoisotopic (exact) mass is 341 g/mol. The number of benzene rings is 1. The van der Waals surface area contributed by atoms with Crippen molar-refractivity contribution in [2.45, 2.75) is 39.5 Å². The molecule has 1 fully saturated rings. The highest BCUT2D eigenvalue weighted by atomic mass is 79.9. The van der Waals surface area contributed by atoms with Gasteiger partial charge in [0, 0.05) is 17.6 Å². The maximum absolute atomic E-state index is 13.9. The number of piperidine rings is 1. The van der Waals surface area contributed by atoms with Crippen molar-refractivity contribution in [2.75, 3.05) is 13.1 Å². The van der Waals surface area contributed by atoms with Crippen molar-refractivity contribution in [1.29, 1.82) is 0 Å². The van der Waals surface area contributed by atoms with Gasteiger partial charge in [-0.05, 0) is 46.3 Å². The zero-order chi connectivity index (χ0) is 14.8. The van der Waals surface area contributed by atoms with E-state index in [1.54, 1.807) is 17.0 Å². The van der Waals surface area contributed by atoms with Crippen LogP contribution in [0.15, 0.2) is 22.7 Å². The fraction of sp³-hybridized carbons (Fsp3) is 0.562. The predicted octanol–water partition coefficient (Wildman–Crippen LogP) is 4.63. The SMILES string of the molecule is CCC1(CC)CCN(C(=O)c2c(F)cccc2Br)CC1. The number of carbonyl (C=O) groups excluding carboxylic acids is 1. The van der Waals surface area contributed by atoms with Crippen molar-refractivity contribution in [2.24, 2.45) is 5.41 Å². The van der Waals surface area contributed by atoms with Gasteiger partial charge in [-0.15, -0.1) is 0 Å². The van der Waals surface area contributed by atoms with Gasteiger partial charge in [0.1, 0.15) is 5.82 Å². The van der Waals surface area contributed by atoms with Crippen LogP contribution < -0.4 is 0 Å². The first kappa shape index (κ1) is 15.5. The average molecular weight is 342 g/mol. The van der Waals surface area contributed by atoms with Crippen LogP contribution in [0, 0.1) is 11.2 Å². The van der Waals surface area contributed by atoms with Crippen molar-refractivity contribution in [3.8, 4) is 0 Å². The predicted molar refractivity (Wildman–Crippen MR) is 82.3 cm³/mol. The lowest BCUT2D eigenvalue weighted by Gasteiger charge is -2.41. The molecule has 0 aromatic heterocycles. The minimum atomic E-state index is -0.452. The smallest absolute Gasteiger partial charge is 0.257 e. The molecule has 0 spiro atoms. The quantitative estimate of drug-likeness (QED) is 0.784. The van der Waals surface area contributed by atoms with Crippen molar-refractivity contribution in [3.05, 3.63) is 34.1 Å². The Morgan fingerprint density at radius 1 is 1.30 bits per heavy atom. The van der Waals surface area contributed by atoms with Crippen LogP contribution >= 0.6 is 15.9 Å². The topological polar surface area (TPSA) is 20.3 Å². The number of carbonyl (C=O) groups is 1. The lowest BCUT2D eigenvalue weighted by molar-refractivity contribution is 0.0552. The van der Waals surface area contributed by atoms with E-state index in [2.05, 4.69) is 29.8 Å². The maximum Gasteiger partial charge on any atom is 0.257 e. The Morgan fingerprint density at radius 3 is 2.40 bits per heavy atom. The second-order valence-corrected chi connectivity index (χ2v) is 6.45. The standard InChI is InChI=1S/C16H21BrFNO/c1-3-16(4-2)8-10-19(11-9-16)15(20)14-12(17)6-5-7-13(14)18/h5-7H,3-4,8-11H2,1-2H3. The normalized spacial score (nSPS) is 18.1. The number of hydrogen-bond acceptors (Lipinski definition) is 1. The first-order valence-electron chi connectivity index (χ1n) is 7.26. The molecule has 4 heteroatoms. The molecule has 1 aliphatic heterocycles. The Balaban J connectivity index is 2.13. The molecule has 1 aromatic rings. The van der Waals surface area contributed by atoms with Gasteiger partial charge in [-0.3, -0.25) is 4.79 Å². The van der Waals surface area contributed by atoms with Crippen molar-refractivity contribution < 1.29 is 9.18 Å². The van der Waals surface area contributed by atoms with Crippen LogP contribution in [0.4, 0.5) is 4.39 Å². The second kappa shape index (κ2) is 6.25. The lowest BCUT2D eigenvalue weighted by atomic mass is 9.74. The van der Waals surface area contributed by atoms with Crippen LogP contribution in [0.3, 0.4) is 0 Å². The van der Waals surface area contributed by atoms with E-state index in [4.69, 9.17) is 0 Å². The zero-order valence-electron chi connectivity index (χ0n) is 12.1. The fourth-order valence-electron chi connectivity index (χ4n) is 3.00. The van der Waals surface area contributed by atoms with Crippen molar-refractivity contribution in [3.63, 3.8) is 0 Å². The van der Waals surface area contributed by atoms with Crippen LogP contribution in [0.5, 0.6) is 0 Å². The molecule has 1 heterocycles. The van der Waals surface area contributed by atoms with E-state index in [0.717, 1.165) is 38.8 Å². The van der Waals surface area contributed by atoms with Gasteiger partial charge in [-0.1, -0.05) is 32.8 Å². The molecule has 0 bridgehead atoms. The number of likely N-dealkylation sites (tertiary alicyclic amines) is 1. The minimum absolute atomic E-state index is 0.160. The van der Waals surface area contributed by atoms with Crippen LogP contribution in [-0.4, -0.2) is 23.9 Å². The number of rotatable bonds is 3. The summed E-state index contributed by atoms with van der Waals surface area (Å²) < 4.78 is 14.4. The van der Waals surface area contributed by atoms with E-state index >= 15 is 0 Å². The summed E-state index contributed by atoms with van der Waals surface area (Å²) in [6.45, 7) is 5.88. The molecule has 0 N–H and O–H groups in total. The summed E-state index contributed by atoms with van der Waals surface area (Å²) in [4.78, 5) is 14.3. The van der Waals surface area contributed by atoms with Crippen LogP contribution in [-0.2, 0) is 0 Å². The lowest BCUT2D eigenvalue weighted by Crippen LogP contribution is -2.43. The van der Waals surface area contributed by atoms with E-state index in [1.807, 2.05) is 0 Å². The fourth-order valence-corrected chi connectivity index (χ4v) is 3.51. The van der Waals surface area contributed by atoms with Gasteiger partial charge in [0.15, 0.2) is 0 Å². The van der Waals surface area contributed by atoms with E-state index in [1.165, 1.54) is 6.07 Å². The first-order valence-corrected chi connectivity index (χ1v) is 8.05. The molecule has 20 heavy (non-hydrogen) atoms. The third-order valence-electron chi connectivity index (χ3n) is 4.79. The molecular weight excluding hydrogens is 321 g/mol. The highest BCUT2D eigenvalue weighted by molar-refractivity contribution is 9.10. The molecule has 0 aliphatic carbocycles. The highest BCUT2D eigenvalue weighted by Gasteiger charge is 2.34. The average Bonchev–Trinajstić information content (AvgIpc) is 2.47. The molecule has 110 valence electrons. The van der Waals surface area contributed by atoms with Gasteiger partial charge >= 0.3 is 0 Å². The first-order chi connectivity index (χ1) is 9.53. The molecule has 1 saturated heterocycles. The molecule has 1 amide bonds. The minimum Gasteiger partial charge on any atom is -0.338 e. The summed E-state index contributed by atoms with van der Waals surface area (Å²) in [6.07, 6.45) is 4.32. The molecule has 0 saturated carbocycles. The largest absolute Gasteiger partial charge is 0.338 e. The number of hydrogen-bond donors (Lipinski definition) is 0. The van der Waals surface area contributed by atoms with Crippen LogP contribution in [0.2, 0.25) is 0 Å². The summed E-state index contributed by atoms with van der Waals surface area (Å²) in [5, 5.41) is 0. The Labute approximate surface area is 128 Å². The molecule has 1 aliphatic rings. The van der Waals surface area contributed by atoms with Crippen LogP contribution in [0.1, 0.15) is 49.9 Å². The molecule has 0 radical (unpaired) electrons. The van der Waals surface area contributed by atoms with Crippen molar-refractivity contribution in [1.82, 2.24) is 4.90 Å². The van der Waals surface area contributed by atoms with E-state index in [9.17, 15) is 9.18 Å². The van der Waals surface area contributed by atoms with Gasteiger partial charge in [0.25, 0.3) is 5.91 Å². The van der Waals surface area contributed by atoms with Crippen LogP contribution in [0.25, 0.3) is 0 Å². The third kappa shape index (κ3) is 2.90. The van der Waals surface area contributed by atoms with Gasteiger partial charge in [-0.25, -0.2) is 4.39 Å². The Kier molecular flexibility index (Phi) is 4.84. The number of halogens is 2. The Hall–Kier alpha value is -0.900. The highest BCUT2D eigenvalue weighted by Crippen LogP contribution is 2.38. The summed E-state index contributed by atoms with van der Waals surface area (Å²) in [7, 11) is 0. The summed E-state index contributed by atoms with van der Waals surface area (Å²) >= 11 is 3.28. The Morgan fingerprint density at radius 2 is 1.90 bits per heavy atom. The van der Waals surface area contributed by atoms with Gasteiger partial charge in [-0.2, -0.15) is 0 Å². The van der Waals surface area contributed by atoms with Gasteiger partial charge < -0.3 is 4.90 Å². The zero-order valence-corrected chi connectivity index (χ0v) is 13.7. The number of nitrogens with zero attached hydrogens (tertiary/aromatic N) is 1. The number of amides is 1. The maximum atomic E-state index is 13.9. The third-order valence-corrected chi connectivity index (χ3v) is 5.45. The molecule has 1 aromatic carbocycles. The van der Waals surface area contributed by atoms with E-state index < -0.39 is 5.82 Å². The summed E-state index contributed by atoms with van der Waals surface area (Å²) in [5.74, 6) is -0.650. The molecular formula is C16H21BrFNO. The van der Waals surface area contributed by atoms with E-state index in [0.29, 0.717) is 9.89 Å². The Bertz CT molecular complexity index is 469. The second-order valence-electron chi connectivity index (χ2n) is 5.60.